The fraction of sp³-hybridized carbons (Fsp3) is 0.842. The summed E-state index contributed by atoms with van der Waals surface area (Å²) in [5, 5.41) is 7.60. The van der Waals surface area contributed by atoms with Crippen molar-refractivity contribution >= 4 is 0 Å². The van der Waals surface area contributed by atoms with Crippen LogP contribution in [0.5, 0.6) is 0 Å². The molecule has 130 valence electrons. The van der Waals surface area contributed by atoms with Crippen molar-refractivity contribution < 1.29 is 4.74 Å². The molecule has 0 bridgehead atoms. The molecule has 1 aromatic rings. The standard InChI is InChI=1S/C19H33N3O/c1-3-4-12-22(2)14-17-13-20-21-18(17)16-8-11-19(23-15-16)9-6-5-7-10-19/h13,16H,3-12,14-15H2,1-2H3,(H,20,21)/t16-/m0/s1. The van der Waals surface area contributed by atoms with Gasteiger partial charge >= 0.3 is 0 Å². The highest BCUT2D eigenvalue weighted by Gasteiger charge is 2.38. The lowest BCUT2D eigenvalue weighted by atomic mass is 9.77. The average molecular weight is 319 g/mol. The molecular formula is C19H33N3O. The number of rotatable bonds is 6. The van der Waals surface area contributed by atoms with Crippen LogP contribution in [-0.4, -0.2) is 40.9 Å². The predicted molar refractivity (Wildman–Crippen MR) is 93.6 cm³/mol. The third-order valence-corrected chi connectivity index (χ3v) is 5.80. The Morgan fingerprint density at radius 1 is 1.30 bits per heavy atom. The minimum absolute atomic E-state index is 0.215. The smallest absolute Gasteiger partial charge is 0.0683 e. The van der Waals surface area contributed by atoms with Crippen LogP contribution in [0.15, 0.2) is 6.20 Å². The van der Waals surface area contributed by atoms with Gasteiger partial charge in [0.25, 0.3) is 0 Å². The summed E-state index contributed by atoms with van der Waals surface area (Å²) in [6, 6.07) is 0. The molecule has 0 radical (unpaired) electrons. The first-order valence-corrected chi connectivity index (χ1v) is 9.57. The maximum absolute atomic E-state index is 6.41. The topological polar surface area (TPSA) is 41.2 Å². The minimum Gasteiger partial charge on any atom is -0.374 e. The number of hydrogen-bond donors (Lipinski definition) is 1. The fourth-order valence-electron chi connectivity index (χ4n) is 4.29. The highest BCUT2D eigenvalue weighted by molar-refractivity contribution is 5.21. The van der Waals surface area contributed by atoms with Crippen molar-refractivity contribution in [2.45, 2.75) is 82.8 Å². The first kappa shape index (κ1) is 17.0. The van der Waals surface area contributed by atoms with Gasteiger partial charge in [0.2, 0.25) is 0 Å². The van der Waals surface area contributed by atoms with Gasteiger partial charge in [-0.2, -0.15) is 5.10 Å². The second-order valence-electron chi connectivity index (χ2n) is 7.69. The van der Waals surface area contributed by atoms with Crippen molar-refractivity contribution in [2.75, 3.05) is 20.2 Å². The average Bonchev–Trinajstić information content (AvgIpc) is 3.02. The van der Waals surface area contributed by atoms with Crippen LogP contribution in [0.3, 0.4) is 0 Å². The monoisotopic (exact) mass is 319 g/mol. The molecule has 1 saturated carbocycles. The quantitative estimate of drug-likeness (QED) is 0.852. The van der Waals surface area contributed by atoms with E-state index in [1.165, 1.54) is 69.0 Å². The highest BCUT2D eigenvalue weighted by atomic mass is 16.5. The van der Waals surface area contributed by atoms with Crippen molar-refractivity contribution in [3.63, 3.8) is 0 Å². The predicted octanol–water partition coefficient (Wildman–Crippen LogP) is 4.24. The van der Waals surface area contributed by atoms with Gasteiger partial charge < -0.3 is 9.64 Å². The summed E-state index contributed by atoms with van der Waals surface area (Å²) in [7, 11) is 2.21. The van der Waals surface area contributed by atoms with Crippen LogP contribution in [0.25, 0.3) is 0 Å². The van der Waals surface area contributed by atoms with Gasteiger partial charge in [-0.25, -0.2) is 0 Å². The normalized spacial score (nSPS) is 24.4. The lowest BCUT2D eigenvalue weighted by Gasteiger charge is -2.43. The Bertz CT molecular complexity index is 469. The lowest BCUT2D eigenvalue weighted by molar-refractivity contribution is -0.108. The zero-order valence-corrected chi connectivity index (χ0v) is 14.9. The van der Waals surface area contributed by atoms with Crippen molar-refractivity contribution in [2.24, 2.45) is 0 Å². The summed E-state index contributed by atoms with van der Waals surface area (Å²) in [4.78, 5) is 2.41. The molecule has 4 heteroatoms. The van der Waals surface area contributed by atoms with E-state index < -0.39 is 0 Å². The number of nitrogens with zero attached hydrogens (tertiary/aromatic N) is 2. The van der Waals surface area contributed by atoms with Crippen LogP contribution in [0.4, 0.5) is 0 Å². The van der Waals surface area contributed by atoms with Crippen LogP contribution in [0, 0.1) is 0 Å². The molecule has 0 aromatic carbocycles. The molecule has 4 nitrogen and oxygen atoms in total. The molecule has 1 atom stereocenters. The Morgan fingerprint density at radius 3 is 2.83 bits per heavy atom. The van der Waals surface area contributed by atoms with Gasteiger partial charge in [0.1, 0.15) is 0 Å². The minimum atomic E-state index is 0.215. The van der Waals surface area contributed by atoms with E-state index in [4.69, 9.17) is 4.74 Å². The van der Waals surface area contributed by atoms with Crippen LogP contribution in [0.2, 0.25) is 0 Å². The van der Waals surface area contributed by atoms with E-state index in [0.29, 0.717) is 5.92 Å². The summed E-state index contributed by atoms with van der Waals surface area (Å²) in [6.07, 6.45) is 13.6. The third-order valence-electron chi connectivity index (χ3n) is 5.80. The molecule has 1 aliphatic heterocycles. The van der Waals surface area contributed by atoms with E-state index in [1.807, 2.05) is 6.20 Å². The van der Waals surface area contributed by atoms with Crippen LogP contribution < -0.4 is 0 Å². The SMILES string of the molecule is CCCCN(C)Cc1cn[nH]c1[C@H]1CCC2(CCCCC2)OC1. The summed E-state index contributed by atoms with van der Waals surface area (Å²) in [5.74, 6) is 0.500. The molecule has 1 spiro atoms. The molecule has 0 amide bonds. The largest absolute Gasteiger partial charge is 0.374 e. The first-order valence-electron chi connectivity index (χ1n) is 9.57. The fourth-order valence-corrected chi connectivity index (χ4v) is 4.29. The summed E-state index contributed by atoms with van der Waals surface area (Å²) in [5.41, 5.74) is 2.89. The van der Waals surface area contributed by atoms with Gasteiger partial charge in [0.05, 0.1) is 18.4 Å². The van der Waals surface area contributed by atoms with Crippen LogP contribution in [0.1, 0.15) is 81.9 Å². The van der Waals surface area contributed by atoms with E-state index in [-0.39, 0.29) is 5.60 Å². The number of H-pyrrole nitrogens is 1. The zero-order valence-electron chi connectivity index (χ0n) is 14.9. The van der Waals surface area contributed by atoms with Gasteiger partial charge in [0.15, 0.2) is 0 Å². The second-order valence-corrected chi connectivity index (χ2v) is 7.69. The van der Waals surface area contributed by atoms with Gasteiger partial charge in [0, 0.05) is 23.7 Å². The number of aromatic amines is 1. The molecule has 1 aliphatic carbocycles. The molecule has 1 aromatic heterocycles. The Hall–Kier alpha value is -0.870. The van der Waals surface area contributed by atoms with Crippen LogP contribution in [-0.2, 0) is 11.3 Å². The maximum Gasteiger partial charge on any atom is 0.0683 e. The van der Waals surface area contributed by atoms with Gasteiger partial charge in [-0.1, -0.05) is 32.6 Å². The summed E-state index contributed by atoms with van der Waals surface area (Å²) in [6.45, 7) is 5.27. The van der Waals surface area contributed by atoms with Gasteiger partial charge in [-0.05, 0) is 45.7 Å². The maximum atomic E-state index is 6.41. The number of nitrogens with one attached hydrogen (secondary N) is 1. The Morgan fingerprint density at radius 2 is 2.13 bits per heavy atom. The van der Waals surface area contributed by atoms with Crippen molar-refractivity contribution in [1.82, 2.24) is 15.1 Å². The molecule has 3 rings (SSSR count). The Kier molecular flexibility index (Phi) is 5.76. The summed E-state index contributed by atoms with van der Waals surface area (Å²) < 4.78 is 6.41. The van der Waals surface area contributed by atoms with Crippen molar-refractivity contribution in [3.05, 3.63) is 17.5 Å². The zero-order chi connectivity index (χ0) is 16.1. The van der Waals surface area contributed by atoms with E-state index in [2.05, 4.69) is 29.1 Å². The molecule has 0 unspecified atom stereocenters. The highest BCUT2D eigenvalue weighted by Crippen LogP contribution is 2.42. The number of hydrogen-bond acceptors (Lipinski definition) is 3. The second kappa shape index (κ2) is 7.80. The van der Waals surface area contributed by atoms with Crippen molar-refractivity contribution in [1.29, 1.82) is 0 Å². The Balaban J connectivity index is 1.57. The van der Waals surface area contributed by atoms with E-state index >= 15 is 0 Å². The third kappa shape index (κ3) is 4.16. The van der Waals surface area contributed by atoms with Gasteiger partial charge in [-0.15, -0.1) is 0 Å². The van der Waals surface area contributed by atoms with E-state index in [0.717, 1.165) is 19.7 Å². The molecule has 2 heterocycles. The Labute approximate surface area is 141 Å². The molecular weight excluding hydrogens is 286 g/mol. The molecule has 23 heavy (non-hydrogen) atoms. The first-order chi connectivity index (χ1) is 11.2. The van der Waals surface area contributed by atoms with Crippen molar-refractivity contribution in [3.8, 4) is 0 Å². The lowest BCUT2D eigenvalue weighted by Crippen LogP contribution is -2.40. The number of ether oxygens (including phenoxy) is 1. The molecule has 2 aliphatic rings. The summed E-state index contributed by atoms with van der Waals surface area (Å²) >= 11 is 0. The van der Waals surface area contributed by atoms with E-state index in [9.17, 15) is 0 Å². The number of aromatic nitrogens is 2. The molecule has 1 saturated heterocycles. The van der Waals surface area contributed by atoms with Crippen LogP contribution >= 0.6 is 0 Å². The van der Waals surface area contributed by atoms with E-state index in [1.54, 1.807) is 0 Å². The number of unbranched alkanes of at least 4 members (excludes halogenated alkanes) is 1. The molecule has 2 fully saturated rings. The molecule has 1 N–H and O–H groups in total. The van der Waals surface area contributed by atoms with Gasteiger partial charge in [-0.3, -0.25) is 5.10 Å².